The molecule has 0 aromatic heterocycles. The van der Waals surface area contributed by atoms with Crippen LogP contribution in [0.4, 0.5) is 4.79 Å². The van der Waals surface area contributed by atoms with Gasteiger partial charge in [0.1, 0.15) is 11.9 Å². The van der Waals surface area contributed by atoms with E-state index < -0.39 is 0 Å². The first-order chi connectivity index (χ1) is 16.6. The number of carbonyl (C=O) groups is 1. The number of amides is 1. The average Bonchev–Trinajstić information content (AvgIpc) is 3.65. The van der Waals surface area contributed by atoms with Gasteiger partial charge >= 0.3 is 6.09 Å². The van der Waals surface area contributed by atoms with Crippen molar-refractivity contribution in [1.82, 2.24) is 10.2 Å². The Morgan fingerprint density at radius 1 is 1.12 bits per heavy atom. The summed E-state index contributed by atoms with van der Waals surface area (Å²) in [5, 5.41) is 3.31. The van der Waals surface area contributed by atoms with Crippen LogP contribution >= 0.6 is 0 Å². The van der Waals surface area contributed by atoms with Crippen molar-refractivity contribution in [3.63, 3.8) is 0 Å². The van der Waals surface area contributed by atoms with E-state index in [2.05, 4.69) is 34.5 Å². The monoisotopic (exact) mass is 462 g/mol. The predicted octanol–water partition coefficient (Wildman–Crippen LogP) is 4.92. The highest BCUT2D eigenvalue weighted by Crippen LogP contribution is 2.61. The van der Waals surface area contributed by atoms with Gasteiger partial charge in [-0.3, -0.25) is 4.90 Å². The molecular weight excluding hydrogens is 428 g/mol. The van der Waals surface area contributed by atoms with E-state index in [1.807, 2.05) is 18.2 Å². The summed E-state index contributed by atoms with van der Waals surface area (Å²) in [7, 11) is 1.63. The number of para-hydroxylation sites is 1. The van der Waals surface area contributed by atoms with Crippen molar-refractivity contribution in [2.24, 2.45) is 11.3 Å². The molecule has 34 heavy (non-hydrogen) atoms. The fraction of sp³-hybridized carbons (Fsp3) is 0.536. The first kappa shape index (κ1) is 21.9. The maximum Gasteiger partial charge on any atom is 0.407 e. The van der Waals surface area contributed by atoms with E-state index >= 15 is 0 Å². The van der Waals surface area contributed by atoms with Gasteiger partial charge in [0.2, 0.25) is 0 Å². The van der Waals surface area contributed by atoms with Gasteiger partial charge in [-0.1, -0.05) is 36.4 Å². The second kappa shape index (κ2) is 8.90. The molecule has 180 valence electrons. The second-order valence-corrected chi connectivity index (χ2v) is 10.5. The highest BCUT2D eigenvalue weighted by atomic mass is 16.7. The summed E-state index contributed by atoms with van der Waals surface area (Å²) in [5.41, 5.74) is 4.94. The molecule has 7 rings (SSSR count). The summed E-state index contributed by atoms with van der Waals surface area (Å²) in [6, 6.07) is 14.7. The lowest BCUT2D eigenvalue weighted by Gasteiger charge is -2.44. The number of ether oxygens (including phenoxy) is 3. The van der Waals surface area contributed by atoms with E-state index in [1.165, 1.54) is 24.0 Å². The number of nitrogens with zero attached hydrogens (tertiary/aromatic N) is 1. The molecule has 5 aliphatic rings. The van der Waals surface area contributed by atoms with Crippen LogP contribution in [0.3, 0.4) is 0 Å². The Balaban J connectivity index is 1.22. The number of methoxy groups -OCH3 is 1. The van der Waals surface area contributed by atoms with Crippen LogP contribution in [0, 0.1) is 11.3 Å². The lowest BCUT2D eigenvalue weighted by Crippen LogP contribution is -2.53. The van der Waals surface area contributed by atoms with Crippen molar-refractivity contribution in [3.8, 4) is 16.9 Å². The van der Waals surface area contributed by atoms with E-state index in [1.54, 1.807) is 7.11 Å². The summed E-state index contributed by atoms with van der Waals surface area (Å²) in [6.07, 6.45) is 6.57. The molecule has 6 nitrogen and oxygen atoms in total. The van der Waals surface area contributed by atoms with Crippen LogP contribution in [-0.4, -0.2) is 50.6 Å². The molecule has 0 radical (unpaired) electrons. The standard InChI is InChI=1S/C28H34N2O4/c1-32-18-33-24-5-3-2-4-22(24)20-6-7-23-21(16-20)8-11-28(12-13-28)26(23)29-27(31)34-25-17-30-14-9-19(25)10-15-30/h2-7,16,19,25-26H,8-15,17-18H2,1H3,(H,29,31)/t25-,26?/m0/s1. The third-order valence-electron chi connectivity index (χ3n) is 8.50. The normalized spacial score (nSPS) is 28.3. The van der Waals surface area contributed by atoms with Gasteiger partial charge in [-0.15, -0.1) is 0 Å². The van der Waals surface area contributed by atoms with Gasteiger partial charge in [0.05, 0.1) is 6.04 Å². The number of carbonyl (C=O) groups excluding carboxylic acids is 1. The van der Waals surface area contributed by atoms with Crippen molar-refractivity contribution in [1.29, 1.82) is 0 Å². The Hall–Kier alpha value is -2.57. The van der Waals surface area contributed by atoms with Gasteiger partial charge < -0.3 is 19.5 Å². The summed E-state index contributed by atoms with van der Waals surface area (Å²) < 4.78 is 16.9. The van der Waals surface area contributed by atoms with Gasteiger partial charge in [-0.2, -0.15) is 0 Å². The molecule has 6 heteroatoms. The molecule has 3 heterocycles. The van der Waals surface area contributed by atoms with Crippen molar-refractivity contribution in [3.05, 3.63) is 53.6 Å². The molecule has 2 atom stereocenters. The summed E-state index contributed by atoms with van der Waals surface area (Å²) >= 11 is 0. The third-order valence-corrected chi connectivity index (χ3v) is 8.50. The second-order valence-electron chi connectivity index (χ2n) is 10.5. The Morgan fingerprint density at radius 3 is 2.68 bits per heavy atom. The number of hydrogen-bond acceptors (Lipinski definition) is 5. The van der Waals surface area contributed by atoms with Crippen LogP contribution in [0.5, 0.6) is 5.75 Å². The van der Waals surface area contributed by atoms with E-state index in [9.17, 15) is 4.79 Å². The first-order valence-electron chi connectivity index (χ1n) is 12.7. The van der Waals surface area contributed by atoms with E-state index in [0.29, 0.717) is 5.92 Å². The fourth-order valence-corrected chi connectivity index (χ4v) is 6.35. The van der Waals surface area contributed by atoms with Crippen LogP contribution in [0.15, 0.2) is 42.5 Å². The number of alkyl carbamates (subject to hydrolysis) is 1. The number of benzene rings is 2. The summed E-state index contributed by atoms with van der Waals surface area (Å²) in [6.45, 7) is 3.40. The molecule has 3 aliphatic heterocycles. The fourth-order valence-electron chi connectivity index (χ4n) is 6.35. The lowest BCUT2D eigenvalue weighted by molar-refractivity contribution is -0.0347. The Kier molecular flexibility index (Phi) is 5.74. The lowest BCUT2D eigenvalue weighted by atomic mass is 9.76. The molecule has 2 aromatic carbocycles. The van der Waals surface area contributed by atoms with Crippen LogP contribution in [0.25, 0.3) is 11.1 Å². The van der Waals surface area contributed by atoms with Gasteiger partial charge in [0, 0.05) is 19.2 Å². The van der Waals surface area contributed by atoms with Gasteiger partial charge in [0.25, 0.3) is 0 Å². The number of rotatable bonds is 6. The van der Waals surface area contributed by atoms with Crippen molar-refractivity contribution in [2.75, 3.05) is 33.5 Å². The molecule has 3 saturated heterocycles. The maximum absolute atomic E-state index is 13.0. The van der Waals surface area contributed by atoms with E-state index in [4.69, 9.17) is 14.2 Å². The maximum atomic E-state index is 13.0. The van der Waals surface area contributed by atoms with Crippen molar-refractivity contribution < 1.29 is 19.0 Å². The smallest absolute Gasteiger partial charge is 0.407 e. The molecule has 1 N–H and O–H groups in total. The number of hydrogen-bond donors (Lipinski definition) is 1. The highest BCUT2D eigenvalue weighted by Gasteiger charge is 2.53. The average molecular weight is 463 g/mol. The molecule has 1 spiro atoms. The van der Waals surface area contributed by atoms with Gasteiger partial charge in [-0.05, 0) is 85.7 Å². The molecule has 4 fully saturated rings. The minimum Gasteiger partial charge on any atom is -0.467 e. The van der Waals surface area contributed by atoms with Crippen LogP contribution < -0.4 is 10.1 Å². The third kappa shape index (κ3) is 4.07. The summed E-state index contributed by atoms with van der Waals surface area (Å²) in [5.74, 6) is 1.33. The Morgan fingerprint density at radius 2 is 1.94 bits per heavy atom. The Bertz CT molecular complexity index is 1060. The molecule has 1 unspecified atom stereocenters. The van der Waals surface area contributed by atoms with Crippen molar-refractivity contribution in [2.45, 2.75) is 50.7 Å². The number of piperidine rings is 3. The molecular formula is C28H34N2O4. The number of aryl methyl sites for hydroxylation is 1. The van der Waals surface area contributed by atoms with E-state index in [-0.39, 0.29) is 30.4 Å². The molecule has 2 aliphatic carbocycles. The zero-order valence-electron chi connectivity index (χ0n) is 19.9. The largest absolute Gasteiger partial charge is 0.467 e. The number of nitrogens with one attached hydrogen (secondary N) is 1. The quantitative estimate of drug-likeness (QED) is 0.617. The topological polar surface area (TPSA) is 60.0 Å². The molecule has 2 aromatic rings. The van der Waals surface area contributed by atoms with Gasteiger partial charge in [0.15, 0.2) is 6.79 Å². The van der Waals surface area contributed by atoms with Gasteiger partial charge in [-0.25, -0.2) is 4.79 Å². The minimum atomic E-state index is -0.245. The highest BCUT2D eigenvalue weighted by molar-refractivity contribution is 5.73. The number of fused-ring (bicyclic) bond motifs is 4. The minimum absolute atomic E-state index is 0.0267. The first-order valence-corrected chi connectivity index (χ1v) is 12.7. The van der Waals surface area contributed by atoms with Crippen LogP contribution in [-0.2, 0) is 15.9 Å². The van der Waals surface area contributed by atoms with Crippen LogP contribution in [0.2, 0.25) is 0 Å². The predicted molar refractivity (Wildman–Crippen MR) is 130 cm³/mol. The summed E-state index contributed by atoms with van der Waals surface area (Å²) in [4.78, 5) is 15.5. The van der Waals surface area contributed by atoms with E-state index in [0.717, 1.165) is 62.2 Å². The molecule has 2 bridgehead atoms. The zero-order chi connectivity index (χ0) is 23.1. The molecule has 1 amide bonds. The SMILES string of the molecule is COCOc1ccccc1-c1ccc2c(c1)CCC1(CC1)C2NC(=O)O[C@H]1CN2CCC1CC2. The zero-order valence-corrected chi connectivity index (χ0v) is 19.9. The Labute approximate surface area is 201 Å². The van der Waals surface area contributed by atoms with Crippen molar-refractivity contribution >= 4 is 6.09 Å². The molecule has 1 saturated carbocycles. The van der Waals surface area contributed by atoms with Crippen LogP contribution in [0.1, 0.15) is 49.3 Å².